The third-order valence-corrected chi connectivity index (χ3v) is 4.71. The summed E-state index contributed by atoms with van der Waals surface area (Å²) in [6, 6.07) is 0. The number of nitrogens with one attached hydrogen (secondary N) is 2. The lowest BCUT2D eigenvalue weighted by Crippen LogP contribution is -2.28. The van der Waals surface area contributed by atoms with Gasteiger partial charge in [-0.15, -0.1) is 0 Å². The predicted molar refractivity (Wildman–Crippen MR) is 77.2 cm³/mol. The molecule has 0 unspecified atom stereocenters. The topological polar surface area (TPSA) is 58.2 Å². The van der Waals surface area contributed by atoms with E-state index in [0.717, 1.165) is 43.9 Å². The summed E-state index contributed by atoms with van der Waals surface area (Å²) in [7, 11) is -3.04. The molecule has 0 aromatic heterocycles. The molecule has 0 aromatic carbocycles. The maximum Gasteiger partial charge on any atom is 0.211 e. The van der Waals surface area contributed by atoms with Crippen LogP contribution in [0.25, 0.3) is 0 Å². The van der Waals surface area contributed by atoms with Crippen LogP contribution in [0.2, 0.25) is 0 Å². The van der Waals surface area contributed by atoms with Crippen molar-refractivity contribution in [2.75, 3.05) is 36.9 Å². The zero-order valence-corrected chi connectivity index (χ0v) is 12.6. The smallest absolute Gasteiger partial charge is 0.211 e. The van der Waals surface area contributed by atoms with Crippen LogP contribution in [0.5, 0.6) is 0 Å². The minimum atomic E-state index is -3.04. The maximum absolute atomic E-state index is 11.6. The van der Waals surface area contributed by atoms with E-state index in [-0.39, 0.29) is 5.75 Å². The Kier molecular flexibility index (Phi) is 11.5. The minimum absolute atomic E-state index is 0.249. The van der Waals surface area contributed by atoms with Crippen LogP contribution in [-0.4, -0.2) is 45.3 Å². The molecule has 17 heavy (non-hydrogen) atoms. The summed E-state index contributed by atoms with van der Waals surface area (Å²) in [5.41, 5.74) is 0. The molecule has 0 aliphatic carbocycles. The van der Waals surface area contributed by atoms with E-state index in [1.807, 2.05) is 18.7 Å². The first-order chi connectivity index (χ1) is 8.12. The van der Waals surface area contributed by atoms with Crippen molar-refractivity contribution < 1.29 is 8.42 Å². The highest BCUT2D eigenvalue weighted by Crippen LogP contribution is 2.00. The lowest BCUT2D eigenvalue weighted by atomic mass is 10.3. The van der Waals surface area contributed by atoms with Crippen LogP contribution in [0.4, 0.5) is 0 Å². The first kappa shape index (κ1) is 17.2. The summed E-state index contributed by atoms with van der Waals surface area (Å²) < 4.78 is 25.8. The van der Waals surface area contributed by atoms with Gasteiger partial charge in [0.15, 0.2) is 0 Å². The molecule has 0 atom stereocenters. The molecular formula is C11H26N2O2S2. The van der Waals surface area contributed by atoms with Gasteiger partial charge in [-0.2, -0.15) is 11.8 Å². The molecule has 0 bridgehead atoms. The number of unbranched alkanes of at least 4 members (excludes halogenated alkanes) is 1. The molecule has 6 heteroatoms. The normalized spacial score (nSPS) is 11.9. The quantitative estimate of drug-likeness (QED) is 0.532. The fraction of sp³-hybridized carbons (Fsp3) is 1.00. The molecule has 104 valence electrons. The number of rotatable bonds is 12. The molecule has 0 amide bonds. The summed E-state index contributed by atoms with van der Waals surface area (Å²) >= 11 is 1.84. The third kappa shape index (κ3) is 12.5. The fourth-order valence-corrected chi connectivity index (χ4v) is 3.16. The lowest BCUT2D eigenvalue weighted by molar-refractivity contribution is 0.574. The van der Waals surface area contributed by atoms with Gasteiger partial charge in [-0.3, -0.25) is 0 Å². The molecule has 2 N–H and O–H groups in total. The van der Waals surface area contributed by atoms with E-state index in [0.29, 0.717) is 6.54 Å². The van der Waals surface area contributed by atoms with E-state index < -0.39 is 10.0 Å². The van der Waals surface area contributed by atoms with Crippen molar-refractivity contribution >= 4 is 21.8 Å². The van der Waals surface area contributed by atoms with Crippen LogP contribution in [0.3, 0.4) is 0 Å². The van der Waals surface area contributed by atoms with E-state index >= 15 is 0 Å². The summed E-state index contributed by atoms with van der Waals surface area (Å²) in [5, 5.41) is 3.18. The molecule has 0 aliphatic heterocycles. The Labute approximate surface area is 110 Å². The molecule has 0 aliphatic rings. The van der Waals surface area contributed by atoms with Crippen LogP contribution in [0.1, 0.15) is 33.1 Å². The third-order valence-electron chi connectivity index (χ3n) is 2.26. The van der Waals surface area contributed by atoms with Gasteiger partial charge in [0.2, 0.25) is 10.0 Å². The van der Waals surface area contributed by atoms with Crippen molar-refractivity contribution in [3.8, 4) is 0 Å². The van der Waals surface area contributed by atoms with Crippen LogP contribution in [0, 0.1) is 0 Å². The highest BCUT2D eigenvalue weighted by molar-refractivity contribution is 7.99. The first-order valence-electron chi connectivity index (χ1n) is 6.38. The summed E-state index contributed by atoms with van der Waals surface area (Å²) in [6.45, 7) is 6.58. The minimum Gasteiger partial charge on any atom is -0.317 e. The van der Waals surface area contributed by atoms with Gasteiger partial charge in [-0.25, -0.2) is 13.1 Å². The highest BCUT2D eigenvalue weighted by atomic mass is 32.2. The van der Waals surface area contributed by atoms with Crippen LogP contribution < -0.4 is 10.0 Å². The van der Waals surface area contributed by atoms with Gasteiger partial charge in [0.25, 0.3) is 0 Å². The summed E-state index contributed by atoms with van der Waals surface area (Å²) in [5.74, 6) is 2.37. The zero-order valence-electron chi connectivity index (χ0n) is 11.0. The van der Waals surface area contributed by atoms with Gasteiger partial charge >= 0.3 is 0 Å². The Morgan fingerprint density at radius 2 is 1.82 bits per heavy atom. The monoisotopic (exact) mass is 282 g/mol. The molecule has 0 fully saturated rings. The van der Waals surface area contributed by atoms with Crippen molar-refractivity contribution in [1.82, 2.24) is 10.0 Å². The second kappa shape index (κ2) is 11.3. The highest BCUT2D eigenvalue weighted by Gasteiger charge is 2.08. The SMILES string of the molecule is CCNCCCCS(=O)(=O)NCCCSCC. The Hall–Kier alpha value is 0.220. The molecule has 4 nitrogen and oxygen atoms in total. The standard InChI is InChI=1S/C11H26N2O2S2/c1-3-12-8-5-6-11-17(14,15)13-9-7-10-16-4-2/h12-13H,3-11H2,1-2H3. The zero-order chi connectivity index (χ0) is 13.0. The summed E-state index contributed by atoms with van der Waals surface area (Å²) in [6.07, 6.45) is 2.56. The lowest BCUT2D eigenvalue weighted by Gasteiger charge is -2.06. The molecule has 0 spiro atoms. The molecule has 0 radical (unpaired) electrons. The Balaban J connectivity index is 3.46. The average molecular weight is 282 g/mol. The van der Waals surface area contributed by atoms with Gasteiger partial charge in [0, 0.05) is 6.54 Å². The maximum atomic E-state index is 11.6. The van der Waals surface area contributed by atoms with Gasteiger partial charge in [-0.05, 0) is 43.9 Å². The summed E-state index contributed by atoms with van der Waals surface area (Å²) in [4.78, 5) is 0. The van der Waals surface area contributed by atoms with Crippen molar-refractivity contribution in [1.29, 1.82) is 0 Å². The van der Waals surface area contributed by atoms with Crippen molar-refractivity contribution in [2.45, 2.75) is 33.1 Å². The van der Waals surface area contributed by atoms with Crippen LogP contribution in [-0.2, 0) is 10.0 Å². The number of hydrogen-bond acceptors (Lipinski definition) is 4. The Morgan fingerprint density at radius 1 is 1.06 bits per heavy atom. The van der Waals surface area contributed by atoms with E-state index in [4.69, 9.17) is 0 Å². The van der Waals surface area contributed by atoms with E-state index in [2.05, 4.69) is 17.0 Å². The molecule has 0 saturated heterocycles. The van der Waals surface area contributed by atoms with Gasteiger partial charge < -0.3 is 5.32 Å². The largest absolute Gasteiger partial charge is 0.317 e. The van der Waals surface area contributed by atoms with Gasteiger partial charge in [0.1, 0.15) is 0 Å². The average Bonchev–Trinajstić information content (AvgIpc) is 2.28. The van der Waals surface area contributed by atoms with E-state index in [1.54, 1.807) is 0 Å². The fourth-order valence-electron chi connectivity index (χ4n) is 1.34. The van der Waals surface area contributed by atoms with E-state index in [9.17, 15) is 8.42 Å². The first-order valence-corrected chi connectivity index (χ1v) is 9.19. The van der Waals surface area contributed by atoms with Crippen molar-refractivity contribution in [3.63, 3.8) is 0 Å². The second-order valence-electron chi connectivity index (χ2n) is 3.82. The van der Waals surface area contributed by atoms with E-state index in [1.165, 1.54) is 0 Å². The number of thioether (sulfide) groups is 1. The molecule has 0 rings (SSSR count). The van der Waals surface area contributed by atoms with Crippen LogP contribution in [0.15, 0.2) is 0 Å². The molecule has 0 heterocycles. The van der Waals surface area contributed by atoms with Gasteiger partial charge in [0.05, 0.1) is 5.75 Å². The number of hydrogen-bond donors (Lipinski definition) is 2. The predicted octanol–water partition coefficient (Wildman–Crippen LogP) is 1.44. The molecular weight excluding hydrogens is 256 g/mol. The molecule has 0 saturated carbocycles. The Morgan fingerprint density at radius 3 is 2.47 bits per heavy atom. The van der Waals surface area contributed by atoms with Crippen LogP contribution >= 0.6 is 11.8 Å². The molecule has 0 aromatic rings. The Bertz CT molecular complexity index is 236. The second-order valence-corrected chi connectivity index (χ2v) is 7.14. The number of sulfonamides is 1. The van der Waals surface area contributed by atoms with Crippen molar-refractivity contribution in [2.24, 2.45) is 0 Å². The van der Waals surface area contributed by atoms with Gasteiger partial charge in [-0.1, -0.05) is 13.8 Å². The van der Waals surface area contributed by atoms with Crippen molar-refractivity contribution in [3.05, 3.63) is 0 Å².